The van der Waals surface area contributed by atoms with Gasteiger partial charge in [-0.1, -0.05) is 31.5 Å². The van der Waals surface area contributed by atoms with Crippen LogP contribution in [0.2, 0.25) is 0 Å². The second kappa shape index (κ2) is 7.26. The summed E-state index contributed by atoms with van der Waals surface area (Å²) in [5.74, 6) is -0.149. The first-order valence-corrected chi connectivity index (χ1v) is 6.75. The Hall–Kier alpha value is -1.39. The van der Waals surface area contributed by atoms with Gasteiger partial charge in [0.2, 0.25) is 5.91 Å². The Kier molecular flexibility index (Phi) is 5.99. The Morgan fingerprint density at radius 3 is 2.32 bits per heavy atom. The lowest BCUT2D eigenvalue weighted by Gasteiger charge is -2.30. The van der Waals surface area contributed by atoms with Crippen molar-refractivity contribution >= 4 is 11.6 Å². The summed E-state index contributed by atoms with van der Waals surface area (Å²) in [4.78, 5) is 11.8. The molecule has 0 spiro atoms. The van der Waals surface area contributed by atoms with E-state index in [4.69, 9.17) is 10.5 Å². The number of benzene rings is 1. The van der Waals surface area contributed by atoms with Gasteiger partial charge in [-0.25, -0.2) is 0 Å². The van der Waals surface area contributed by atoms with Gasteiger partial charge in [-0.3, -0.25) is 4.79 Å². The van der Waals surface area contributed by atoms with E-state index in [2.05, 4.69) is 5.32 Å². The van der Waals surface area contributed by atoms with E-state index in [0.717, 1.165) is 24.1 Å². The van der Waals surface area contributed by atoms with E-state index in [9.17, 15) is 4.79 Å². The van der Waals surface area contributed by atoms with E-state index in [1.165, 1.54) is 0 Å². The van der Waals surface area contributed by atoms with Crippen LogP contribution in [-0.4, -0.2) is 24.7 Å². The number of aryl methyl sites for hydroxylation is 1. The van der Waals surface area contributed by atoms with E-state index in [0.29, 0.717) is 6.54 Å². The molecule has 0 heterocycles. The summed E-state index contributed by atoms with van der Waals surface area (Å²) < 4.78 is 5.70. The van der Waals surface area contributed by atoms with E-state index in [1.807, 2.05) is 45.0 Å². The Morgan fingerprint density at radius 2 is 1.84 bits per heavy atom. The summed E-state index contributed by atoms with van der Waals surface area (Å²) in [5.41, 5.74) is 7.29. The molecule has 1 aromatic carbocycles. The standard InChI is InChI=1S/C15H24N2O2/c1-4-15(5-2,11-16)19-10-14(18)17-13-8-6-12(3)7-9-13/h6-9H,4-5,10-11,16H2,1-3H3,(H,17,18). The van der Waals surface area contributed by atoms with Gasteiger partial charge < -0.3 is 15.8 Å². The quantitative estimate of drug-likeness (QED) is 0.795. The van der Waals surface area contributed by atoms with Crippen LogP contribution in [0.25, 0.3) is 0 Å². The van der Waals surface area contributed by atoms with E-state index >= 15 is 0 Å². The number of carbonyl (C=O) groups is 1. The average Bonchev–Trinajstić information content (AvgIpc) is 2.44. The maximum absolute atomic E-state index is 11.8. The molecule has 1 amide bonds. The van der Waals surface area contributed by atoms with E-state index in [1.54, 1.807) is 0 Å². The minimum Gasteiger partial charge on any atom is -0.364 e. The third-order valence-corrected chi connectivity index (χ3v) is 3.51. The molecule has 0 aliphatic heterocycles. The molecule has 0 aliphatic rings. The predicted octanol–water partition coefficient (Wildman–Crippen LogP) is 2.47. The van der Waals surface area contributed by atoms with Crippen LogP contribution < -0.4 is 11.1 Å². The number of hydrogen-bond acceptors (Lipinski definition) is 3. The first kappa shape index (κ1) is 15.7. The molecule has 0 saturated carbocycles. The zero-order valence-electron chi connectivity index (χ0n) is 12.0. The highest BCUT2D eigenvalue weighted by molar-refractivity contribution is 5.91. The van der Waals surface area contributed by atoms with Crippen molar-refractivity contribution in [2.45, 2.75) is 39.2 Å². The van der Waals surface area contributed by atoms with Crippen LogP contribution in [0.1, 0.15) is 32.3 Å². The fourth-order valence-electron chi connectivity index (χ4n) is 1.85. The van der Waals surface area contributed by atoms with Gasteiger partial charge in [0.05, 0.1) is 5.60 Å². The molecule has 0 aliphatic carbocycles. The highest BCUT2D eigenvalue weighted by Gasteiger charge is 2.25. The summed E-state index contributed by atoms with van der Waals surface area (Å²) >= 11 is 0. The van der Waals surface area contributed by atoms with Crippen molar-refractivity contribution in [1.29, 1.82) is 0 Å². The van der Waals surface area contributed by atoms with Gasteiger partial charge in [0.25, 0.3) is 0 Å². The van der Waals surface area contributed by atoms with Crippen LogP contribution in [0.15, 0.2) is 24.3 Å². The molecule has 19 heavy (non-hydrogen) atoms. The van der Waals surface area contributed by atoms with Crippen molar-refractivity contribution in [3.63, 3.8) is 0 Å². The summed E-state index contributed by atoms with van der Waals surface area (Å²) in [6, 6.07) is 7.67. The summed E-state index contributed by atoms with van der Waals surface area (Å²) in [6.45, 7) is 6.51. The van der Waals surface area contributed by atoms with Crippen molar-refractivity contribution in [1.82, 2.24) is 0 Å². The molecule has 0 unspecified atom stereocenters. The zero-order chi connectivity index (χ0) is 14.3. The van der Waals surface area contributed by atoms with E-state index < -0.39 is 0 Å². The maximum Gasteiger partial charge on any atom is 0.250 e. The molecule has 0 bridgehead atoms. The molecule has 4 heteroatoms. The normalized spacial score (nSPS) is 11.4. The number of anilines is 1. The molecule has 3 N–H and O–H groups in total. The SMILES string of the molecule is CCC(CC)(CN)OCC(=O)Nc1ccc(C)cc1. The number of hydrogen-bond donors (Lipinski definition) is 2. The first-order chi connectivity index (χ1) is 9.05. The minimum absolute atomic E-state index is 0.0345. The largest absolute Gasteiger partial charge is 0.364 e. The molecule has 0 aromatic heterocycles. The average molecular weight is 264 g/mol. The molecule has 0 radical (unpaired) electrons. The number of nitrogens with two attached hydrogens (primary N) is 1. The Morgan fingerprint density at radius 1 is 1.26 bits per heavy atom. The van der Waals surface area contributed by atoms with Gasteiger partial charge in [-0.05, 0) is 31.9 Å². The third-order valence-electron chi connectivity index (χ3n) is 3.51. The smallest absolute Gasteiger partial charge is 0.250 e. The van der Waals surface area contributed by atoms with Crippen molar-refractivity contribution in [2.24, 2.45) is 5.73 Å². The van der Waals surface area contributed by atoms with Gasteiger partial charge in [0, 0.05) is 12.2 Å². The third kappa shape index (κ3) is 4.65. The van der Waals surface area contributed by atoms with Gasteiger partial charge in [0.15, 0.2) is 0 Å². The van der Waals surface area contributed by atoms with Crippen molar-refractivity contribution < 1.29 is 9.53 Å². The fourth-order valence-corrected chi connectivity index (χ4v) is 1.85. The first-order valence-electron chi connectivity index (χ1n) is 6.75. The van der Waals surface area contributed by atoms with Crippen LogP contribution >= 0.6 is 0 Å². The molecule has 1 aromatic rings. The van der Waals surface area contributed by atoms with Gasteiger partial charge in [-0.15, -0.1) is 0 Å². The summed E-state index contributed by atoms with van der Waals surface area (Å²) in [7, 11) is 0. The molecular weight excluding hydrogens is 240 g/mol. The predicted molar refractivity (Wildman–Crippen MR) is 78.1 cm³/mol. The van der Waals surface area contributed by atoms with Crippen molar-refractivity contribution in [2.75, 3.05) is 18.5 Å². The lowest BCUT2D eigenvalue weighted by molar-refractivity contribution is -0.128. The number of amides is 1. The van der Waals surface area contributed by atoms with Gasteiger partial charge in [0.1, 0.15) is 6.61 Å². The lowest BCUT2D eigenvalue weighted by Crippen LogP contribution is -2.41. The number of carbonyl (C=O) groups excluding carboxylic acids is 1. The Labute approximate surface area is 115 Å². The lowest BCUT2D eigenvalue weighted by atomic mass is 9.97. The zero-order valence-corrected chi connectivity index (χ0v) is 12.0. The highest BCUT2D eigenvalue weighted by atomic mass is 16.5. The monoisotopic (exact) mass is 264 g/mol. The molecule has 0 fully saturated rings. The Bertz CT molecular complexity index is 389. The molecule has 0 atom stereocenters. The molecular formula is C15H24N2O2. The molecule has 1 rings (SSSR count). The summed E-state index contributed by atoms with van der Waals surface area (Å²) in [6.07, 6.45) is 1.61. The fraction of sp³-hybridized carbons (Fsp3) is 0.533. The second-order valence-corrected chi connectivity index (χ2v) is 4.80. The maximum atomic E-state index is 11.8. The van der Waals surface area contributed by atoms with E-state index in [-0.39, 0.29) is 18.1 Å². The number of nitrogens with one attached hydrogen (secondary N) is 1. The molecule has 4 nitrogen and oxygen atoms in total. The number of rotatable bonds is 7. The van der Waals surface area contributed by atoms with Crippen molar-refractivity contribution in [3.8, 4) is 0 Å². The van der Waals surface area contributed by atoms with Crippen LogP contribution in [0.4, 0.5) is 5.69 Å². The second-order valence-electron chi connectivity index (χ2n) is 4.80. The van der Waals surface area contributed by atoms with Crippen LogP contribution in [0.5, 0.6) is 0 Å². The summed E-state index contributed by atoms with van der Waals surface area (Å²) in [5, 5.41) is 2.81. The van der Waals surface area contributed by atoms with Gasteiger partial charge in [-0.2, -0.15) is 0 Å². The van der Waals surface area contributed by atoms with Crippen molar-refractivity contribution in [3.05, 3.63) is 29.8 Å². The van der Waals surface area contributed by atoms with Crippen LogP contribution in [0.3, 0.4) is 0 Å². The molecule has 0 saturated heterocycles. The van der Waals surface area contributed by atoms with Crippen LogP contribution in [0, 0.1) is 6.92 Å². The van der Waals surface area contributed by atoms with Crippen LogP contribution in [-0.2, 0) is 9.53 Å². The topological polar surface area (TPSA) is 64.3 Å². The Balaban J connectivity index is 2.49. The minimum atomic E-state index is -0.384. The number of ether oxygens (including phenoxy) is 1. The van der Waals surface area contributed by atoms with Gasteiger partial charge >= 0.3 is 0 Å². The highest BCUT2D eigenvalue weighted by Crippen LogP contribution is 2.18. The molecule has 106 valence electrons.